The highest BCUT2D eigenvalue weighted by Gasteiger charge is 2.20. The number of anilines is 1. The van der Waals surface area contributed by atoms with Crippen molar-refractivity contribution >= 4 is 34.0 Å². The third kappa shape index (κ3) is 4.15. The Morgan fingerprint density at radius 2 is 2.14 bits per heavy atom. The Labute approximate surface area is 132 Å². The highest BCUT2D eigenvalue weighted by molar-refractivity contribution is 7.15. The summed E-state index contributed by atoms with van der Waals surface area (Å²) in [6.45, 7) is 3.86. The Kier molecular flexibility index (Phi) is 5.52. The zero-order valence-corrected chi connectivity index (χ0v) is 13.4. The Hall–Kier alpha value is -1.66. The van der Waals surface area contributed by atoms with Crippen molar-refractivity contribution in [1.29, 1.82) is 0 Å². The van der Waals surface area contributed by atoms with Gasteiger partial charge in [-0.25, -0.2) is 0 Å². The largest absolute Gasteiger partial charge is 0.479 e. The summed E-state index contributed by atoms with van der Waals surface area (Å²) in [7, 11) is 0. The highest BCUT2D eigenvalue weighted by Crippen LogP contribution is 2.25. The summed E-state index contributed by atoms with van der Waals surface area (Å²) in [6, 6.07) is 7.08. The van der Waals surface area contributed by atoms with E-state index in [9.17, 15) is 4.79 Å². The molecule has 0 saturated heterocycles. The van der Waals surface area contributed by atoms with Crippen molar-refractivity contribution in [3.8, 4) is 5.75 Å². The van der Waals surface area contributed by atoms with Crippen LogP contribution in [-0.4, -0.2) is 22.2 Å². The number of para-hydroxylation sites is 1. The van der Waals surface area contributed by atoms with Crippen molar-refractivity contribution < 1.29 is 9.53 Å². The molecule has 7 heteroatoms. The summed E-state index contributed by atoms with van der Waals surface area (Å²) >= 11 is 7.40. The average molecular weight is 326 g/mol. The lowest BCUT2D eigenvalue weighted by Gasteiger charge is -2.17. The number of aryl methyl sites for hydroxylation is 1. The van der Waals surface area contributed by atoms with Gasteiger partial charge in [-0.1, -0.05) is 48.9 Å². The minimum Gasteiger partial charge on any atom is -0.479 e. The van der Waals surface area contributed by atoms with Crippen LogP contribution in [0, 0.1) is 0 Å². The molecule has 0 bridgehead atoms. The van der Waals surface area contributed by atoms with E-state index in [0.29, 0.717) is 22.3 Å². The van der Waals surface area contributed by atoms with Crippen molar-refractivity contribution in [2.75, 3.05) is 5.32 Å². The quantitative estimate of drug-likeness (QED) is 0.882. The van der Waals surface area contributed by atoms with Gasteiger partial charge in [0.15, 0.2) is 6.10 Å². The molecule has 0 radical (unpaired) electrons. The SMILES string of the molecule is CCc1nnc(NC(=O)[C@H](CC)Oc2ccccc2Cl)s1. The second-order valence-corrected chi connectivity index (χ2v) is 5.76. The Balaban J connectivity index is 2.03. The maximum Gasteiger partial charge on any atom is 0.267 e. The molecular weight excluding hydrogens is 310 g/mol. The minimum atomic E-state index is -0.626. The maximum atomic E-state index is 12.2. The summed E-state index contributed by atoms with van der Waals surface area (Å²) < 4.78 is 5.67. The number of ether oxygens (including phenoxy) is 1. The number of carbonyl (C=O) groups is 1. The maximum absolute atomic E-state index is 12.2. The van der Waals surface area contributed by atoms with Crippen molar-refractivity contribution in [2.24, 2.45) is 0 Å². The first-order valence-electron chi connectivity index (χ1n) is 6.68. The van der Waals surface area contributed by atoms with Crippen LogP contribution in [-0.2, 0) is 11.2 Å². The lowest BCUT2D eigenvalue weighted by atomic mass is 10.2. The predicted octanol–water partition coefficient (Wildman–Crippen LogP) is 3.55. The molecule has 0 aliphatic rings. The summed E-state index contributed by atoms with van der Waals surface area (Å²) in [6.07, 6.45) is 0.691. The van der Waals surface area contributed by atoms with E-state index in [-0.39, 0.29) is 5.91 Å². The van der Waals surface area contributed by atoms with Gasteiger partial charge < -0.3 is 4.74 Å². The van der Waals surface area contributed by atoms with Gasteiger partial charge in [0, 0.05) is 0 Å². The molecule has 1 aromatic carbocycles. The van der Waals surface area contributed by atoms with Gasteiger partial charge in [-0.3, -0.25) is 10.1 Å². The van der Waals surface area contributed by atoms with Crippen LogP contribution in [0.25, 0.3) is 0 Å². The summed E-state index contributed by atoms with van der Waals surface area (Å²) in [5.74, 6) is 0.240. The van der Waals surface area contributed by atoms with Crippen LogP contribution in [0.15, 0.2) is 24.3 Å². The molecule has 1 N–H and O–H groups in total. The topological polar surface area (TPSA) is 64.1 Å². The van der Waals surface area contributed by atoms with E-state index in [0.717, 1.165) is 11.4 Å². The molecule has 0 aliphatic heterocycles. The van der Waals surface area contributed by atoms with Gasteiger partial charge in [-0.05, 0) is 25.0 Å². The minimum absolute atomic E-state index is 0.253. The fraction of sp³-hybridized carbons (Fsp3) is 0.357. The fourth-order valence-corrected chi connectivity index (χ4v) is 2.51. The number of nitrogens with zero attached hydrogens (tertiary/aromatic N) is 2. The number of aromatic nitrogens is 2. The molecule has 1 aromatic heterocycles. The fourth-order valence-electron chi connectivity index (χ4n) is 1.65. The van der Waals surface area contributed by atoms with E-state index in [1.807, 2.05) is 26.0 Å². The van der Waals surface area contributed by atoms with Crippen LogP contribution in [0.2, 0.25) is 5.02 Å². The third-order valence-electron chi connectivity index (χ3n) is 2.77. The van der Waals surface area contributed by atoms with Gasteiger partial charge in [0.25, 0.3) is 5.91 Å². The van der Waals surface area contributed by atoms with Crippen molar-refractivity contribution in [1.82, 2.24) is 10.2 Å². The lowest BCUT2D eigenvalue weighted by molar-refractivity contribution is -0.122. The molecule has 21 heavy (non-hydrogen) atoms. The number of rotatable bonds is 6. The Bertz CT molecular complexity index is 618. The predicted molar refractivity (Wildman–Crippen MR) is 84.1 cm³/mol. The average Bonchev–Trinajstić information content (AvgIpc) is 2.94. The molecule has 2 rings (SSSR count). The van der Waals surface area contributed by atoms with Crippen molar-refractivity contribution in [3.63, 3.8) is 0 Å². The number of nitrogens with one attached hydrogen (secondary N) is 1. The van der Waals surface area contributed by atoms with E-state index in [4.69, 9.17) is 16.3 Å². The molecule has 1 atom stereocenters. The van der Waals surface area contributed by atoms with E-state index >= 15 is 0 Å². The highest BCUT2D eigenvalue weighted by atomic mass is 35.5. The smallest absolute Gasteiger partial charge is 0.267 e. The number of benzene rings is 1. The van der Waals surface area contributed by atoms with Gasteiger partial charge in [-0.2, -0.15) is 0 Å². The number of halogens is 1. The lowest BCUT2D eigenvalue weighted by Crippen LogP contribution is -2.32. The molecule has 1 heterocycles. The van der Waals surface area contributed by atoms with Gasteiger partial charge in [0.05, 0.1) is 5.02 Å². The van der Waals surface area contributed by atoms with Crippen LogP contribution < -0.4 is 10.1 Å². The third-order valence-corrected chi connectivity index (χ3v) is 4.06. The van der Waals surface area contributed by atoms with E-state index in [1.165, 1.54) is 11.3 Å². The van der Waals surface area contributed by atoms with Crippen molar-refractivity contribution in [3.05, 3.63) is 34.3 Å². The van der Waals surface area contributed by atoms with E-state index < -0.39 is 6.10 Å². The van der Waals surface area contributed by atoms with E-state index in [2.05, 4.69) is 15.5 Å². The second-order valence-electron chi connectivity index (χ2n) is 4.29. The first kappa shape index (κ1) is 15.7. The molecule has 2 aromatic rings. The summed E-state index contributed by atoms with van der Waals surface area (Å²) in [4.78, 5) is 12.2. The van der Waals surface area contributed by atoms with Crippen LogP contribution in [0.5, 0.6) is 5.75 Å². The van der Waals surface area contributed by atoms with Gasteiger partial charge >= 0.3 is 0 Å². The number of amides is 1. The first-order valence-corrected chi connectivity index (χ1v) is 7.87. The summed E-state index contributed by atoms with van der Waals surface area (Å²) in [5, 5.41) is 12.5. The monoisotopic (exact) mass is 325 g/mol. The summed E-state index contributed by atoms with van der Waals surface area (Å²) in [5.41, 5.74) is 0. The van der Waals surface area contributed by atoms with Crippen LogP contribution >= 0.6 is 22.9 Å². The zero-order valence-electron chi connectivity index (χ0n) is 11.8. The van der Waals surface area contributed by atoms with Gasteiger partial charge in [0.2, 0.25) is 5.13 Å². The number of hydrogen-bond acceptors (Lipinski definition) is 5. The number of hydrogen-bond donors (Lipinski definition) is 1. The van der Waals surface area contributed by atoms with Crippen LogP contribution in [0.4, 0.5) is 5.13 Å². The normalized spacial score (nSPS) is 12.0. The zero-order chi connectivity index (χ0) is 15.2. The Morgan fingerprint density at radius 1 is 1.38 bits per heavy atom. The van der Waals surface area contributed by atoms with E-state index in [1.54, 1.807) is 12.1 Å². The standard InChI is InChI=1S/C14H16ClN3O2S/c1-3-10(20-11-8-6-5-7-9(11)15)13(19)16-14-18-17-12(4-2)21-14/h5-8,10H,3-4H2,1-2H3,(H,16,18,19)/t10-/m0/s1. The second kappa shape index (κ2) is 7.38. The van der Waals surface area contributed by atoms with Crippen LogP contribution in [0.3, 0.4) is 0 Å². The molecule has 1 amide bonds. The molecule has 0 unspecified atom stereocenters. The molecule has 112 valence electrons. The number of carbonyl (C=O) groups excluding carboxylic acids is 1. The first-order chi connectivity index (χ1) is 10.1. The molecule has 0 spiro atoms. The van der Waals surface area contributed by atoms with Gasteiger partial charge in [0.1, 0.15) is 10.8 Å². The van der Waals surface area contributed by atoms with Crippen LogP contribution in [0.1, 0.15) is 25.3 Å². The Morgan fingerprint density at radius 3 is 2.76 bits per heavy atom. The molecule has 0 saturated carbocycles. The molecule has 5 nitrogen and oxygen atoms in total. The molecule has 0 fully saturated rings. The van der Waals surface area contributed by atoms with Gasteiger partial charge in [-0.15, -0.1) is 10.2 Å². The molecule has 0 aliphatic carbocycles. The molecular formula is C14H16ClN3O2S. The van der Waals surface area contributed by atoms with Crippen molar-refractivity contribution in [2.45, 2.75) is 32.8 Å².